The third kappa shape index (κ3) is 3.45. The Morgan fingerprint density at radius 2 is 2.06 bits per heavy atom. The molecule has 1 aliphatic heterocycles. The molecule has 2 fully saturated rings. The van der Waals surface area contributed by atoms with E-state index in [1.54, 1.807) is 0 Å². The van der Waals surface area contributed by atoms with Crippen LogP contribution in [0.3, 0.4) is 0 Å². The minimum Gasteiger partial charge on any atom is -0.381 e. The monoisotopic (exact) mass is 239 g/mol. The summed E-state index contributed by atoms with van der Waals surface area (Å²) in [7, 11) is 0. The second-order valence-electron chi connectivity index (χ2n) is 6.23. The average Bonchev–Trinajstić information content (AvgIpc) is 2.55. The molecule has 0 bridgehead atoms. The predicted molar refractivity (Wildman–Crippen MR) is 71.9 cm³/mol. The van der Waals surface area contributed by atoms with Crippen LogP contribution in [-0.2, 0) is 4.74 Å². The van der Waals surface area contributed by atoms with Crippen molar-refractivity contribution in [2.75, 3.05) is 13.2 Å². The highest BCUT2D eigenvalue weighted by Crippen LogP contribution is 2.38. The van der Waals surface area contributed by atoms with Gasteiger partial charge in [0.15, 0.2) is 0 Å². The van der Waals surface area contributed by atoms with E-state index in [-0.39, 0.29) is 5.54 Å². The van der Waals surface area contributed by atoms with E-state index >= 15 is 0 Å². The van der Waals surface area contributed by atoms with Crippen LogP contribution < -0.4 is 5.73 Å². The summed E-state index contributed by atoms with van der Waals surface area (Å²) in [6.45, 7) is 4.16. The largest absolute Gasteiger partial charge is 0.381 e. The van der Waals surface area contributed by atoms with Gasteiger partial charge in [-0.25, -0.2) is 0 Å². The highest BCUT2D eigenvalue weighted by atomic mass is 16.5. The molecule has 2 nitrogen and oxygen atoms in total. The number of rotatable bonds is 3. The summed E-state index contributed by atoms with van der Waals surface area (Å²) >= 11 is 0. The Morgan fingerprint density at radius 1 is 1.18 bits per heavy atom. The van der Waals surface area contributed by atoms with Gasteiger partial charge in [-0.05, 0) is 38.0 Å². The predicted octanol–water partition coefficient (Wildman–Crippen LogP) is 3.49. The maximum absolute atomic E-state index is 6.71. The quantitative estimate of drug-likeness (QED) is 0.765. The van der Waals surface area contributed by atoms with Gasteiger partial charge in [-0.2, -0.15) is 0 Å². The first-order valence-corrected chi connectivity index (χ1v) is 7.61. The van der Waals surface area contributed by atoms with Crippen molar-refractivity contribution in [2.24, 2.45) is 17.6 Å². The summed E-state index contributed by atoms with van der Waals surface area (Å²) in [6.07, 6.45) is 11.8. The van der Waals surface area contributed by atoms with Crippen LogP contribution in [0.5, 0.6) is 0 Å². The number of nitrogens with two attached hydrogens (primary N) is 1. The van der Waals surface area contributed by atoms with Gasteiger partial charge >= 0.3 is 0 Å². The smallest absolute Gasteiger partial charge is 0.0511 e. The number of ether oxygens (including phenoxy) is 1. The first-order valence-electron chi connectivity index (χ1n) is 7.61. The molecule has 0 spiro atoms. The zero-order valence-corrected chi connectivity index (χ0v) is 11.4. The fourth-order valence-electron chi connectivity index (χ4n) is 3.76. The Kier molecular flexibility index (Phi) is 4.87. The van der Waals surface area contributed by atoms with Gasteiger partial charge in [-0.15, -0.1) is 0 Å². The van der Waals surface area contributed by atoms with Gasteiger partial charge < -0.3 is 10.5 Å². The highest BCUT2D eigenvalue weighted by Gasteiger charge is 2.37. The summed E-state index contributed by atoms with van der Waals surface area (Å²) in [6, 6.07) is 0. The lowest BCUT2D eigenvalue weighted by Gasteiger charge is -2.39. The van der Waals surface area contributed by atoms with Crippen molar-refractivity contribution in [1.29, 1.82) is 0 Å². The third-order valence-electron chi connectivity index (χ3n) is 4.94. The van der Waals surface area contributed by atoms with E-state index in [4.69, 9.17) is 10.5 Å². The Hall–Kier alpha value is -0.0800. The van der Waals surface area contributed by atoms with Gasteiger partial charge in [0, 0.05) is 18.1 Å². The first kappa shape index (κ1) is 13.4. The van der Waals surface area contributed by atoms with Crippen LogP contribution in [0.4, 0.5) is 0 Å². The Morgan fingerprint density at radius 3 is 2.76 bits per heavy atom. The molecule has 2 N–H and O–H groups in total. The lowest BCUT2D eigenvalue weighted by Crippen LogP contribution is -2.49. The van der Waals surface area contributed by atoms with Crippen molar-refractivity contribution in [3.8, 4) is 0 Å². The fraction of sp³-hybridized carbons (Fsp3) is 1.00. The molecule has 3 atom stereocenters. The SMILES string of the molecule is CCCC1CCCC(N)(C2CCCOC2)CC1. The molecule has 2 heteroatoms. The lowest BCUT2D eigenvalue weighted by molar-refractivity contribution is 0.0165. The van der Waals surface area contributed by atoms with E-state index in [0.29, 0.717) is 5.92 Å². The van der Waals surface area contributed by atoms with Crippen LogP contribution in [0.1, 0.15) is 64.7 Å². The van der Waals surface area contributed by atoms with Crippen molar-refractivity contribution < 1.29 is 4.74 Å². The zero-order chi connectivity index (χ0) is 12.1. The fourth-order valence-corrected chi connectivity index (χ4v) is 3.76. The van der Waals surface area contributed by atoms with Crippen LogP contribution in [0.25, 0.3) is 0 Å². The zero-order valence-electron chi connectivity index (χ0n) is 11.4. The molecule has 0 aromatic carbocycles. The molecule has 0 aromatic rings. The molecule has 100 valence electrons. The molecule has 17 heavy (non-hydrogen) atoms. The Labute approximate surface area is 106 Å². The second kappa shape index (κ2) is 6.19. The lowest BCUT2D eigenvalue weighted by atomic mass is 9.76. The van der Waals surface area contributed by atoms with Gasteiger partial charge in [0.1, 0.15) is 0 Å². The van der Waals surface area contributed by atoms with E-state index in [2.05, 4.69) is 6.92 Å². The summed E-state index contributed by atoms with van der Waals surface area (Å²) in [5.74, 6) is 1.56. The van der Waals surface area contributed by atoms with Crippen LogP contribution in [0.2, 0.25) is 0 Å². The van der Waals surface area contributed by atoms with Crippen LogP contribution in [0.15, 0.2) is 0 Å². The van der Waals surface area contributed by atoms with Crippen molar-refractivity contribution in [2.45, 2.75) is 70.3 Å². The Balaban J connectivity index is 1.90. The summed E-state index contributed by atoms with van der Waals surface area (Å²) in [5, 5.41) is 0. The van der Waals surface area contributed by atoms with E-state index in [0.717, 1.165) is 19.1 Å². The topological polar surface area (TPSA) is 35.2 Å². The molecular weight excluding hydrogens is 210 g/mol. The average molecular weight is 239 g/mol. The minimum atomic E-state index is 0.0862. The number of hydrogen-bond acceptors (Lipinski definition) is 2. The molecule has 1 saturated heterocycles. The van der Waals surface area contributed by atoms with E-state index in [1.165, 1.54) is 57.8 Å². The normalized spacial score (nSPS) is 39.9. The standard InChI is InChI=1S/C15H29NO/c1-2-5-13-6-3-9-15(16,10-8-13)14-7-4-11-17-12-14/h13-14H,2-12,16H2,1H3. The number of hydrogen-bond donors (Lipinski definition) is 1. The molecule has 1 saturated carbocycles. The maximum Gasteiger partial charge on any atom is 0.0511 e. The highest BCUT2D eigenvalue weighted by molar-refractivity contribution is 4.94. The molecule has 2 rings (SSSR count). The van der Waals surface area contributed by atoms with E-state index in [1.807, 2.05) is 0 Å². The van der Waals surface area contributed by atoms with Gasteiger partial charge in [-0.3, -0.25) is 0 Å². The molecule has 0 radical (unpaired) electrons. The van der Waals surface area contributed by atoms with Crippen molar-refractivity contribution in [3.05, 3.63) is 0 Å². The summed E-state index contributed by atoms with van der Waals surface area (Å²) < 4.78 is 5.64. The maximum atomic E-state index is 6.71. The molecule has 1 aliphatic carbocycles. The van der Waals surface area contributed by atoms with Gasteiger partial charge in [0.25, 0.3) is 0 Å². The van der Waals surface area contributed by atoms with Crippen molar-refractivity contribution in [3.63, 3.8) is 0 Å². The summed E-state index contributed by atoms with van der Waals surface area (Å²) in [5.41, 5.74) is 6.80. The first-order chi connectivity index (χ1) is 8.24. The molecule has 3 unspecified atom stereocenters. The van der Waals surface area contributed by atoms with Gasteiger partial charge in [0.05, 0.1) is 6.61 Å². The molecule has 2 aliphatic rings. The molecule has 0 aromatic heterocycles. The van der Waals surface area contributed by atoms with Gasteiger partial charge in [0.2, 0.25) is 0 Å². The summed E-state index contributed by atoms with van der Waals surface area (Å²) in [4.78, 5) is 0. The van der Waals surface area contributed by atoms with Gasteiger partial charge in [-0.1, -0.05) is 32.6 Å². The van der Waals surface area contributed by atoms with Crippen LogP contribution >= 0.6 is 0 Å². The molecule has 1 heterocycles. The Bertz CT molecular complexity index is 225. The second-order valence-corrected chi connectivity index (χ2v) is 6.23. The molecular formula is C15H29NO. The minimum absolute atomic E-state index is 0.0862. The molecule has 0 amide bonds. The third-order valence-corrected chi connectivity index (χ3v) is 4.94. The van der Waals surface area contributed by atoms with Crippen LogP contribution in [-0.4, -0.2) is 18.8 Å². The van der Waals surface area contributed by atoms with Crippen molar-refractivity contribution >= 4 is 0 Å². The van der Waals surface area contributed by atoms with Crippen LogP contribution in [0, 0.1) is 11.8 Å². The van der Waals surface area contributed by atoms with E-state index < -0.39 is 0 Å². The van der Waals surface area contributed by atoms with Crippen molar-refractivity contribution in [1.82, 2.24) is 0 Å². The van der Waals surface area contributed by atoms with E-state index in [9.17, 15) is 0 Å².